The van der Waals surface area contributed by atoms with E-state index in [9.17, 15) is 0 Å². The van der Waals surface area contributed by atoms with Gasteiger partial charge < -0.3 is 9.05 Å². The van der Waals surface area contributed by atoms with Crippen LogP contribution >= 0.6 is 6.49 Å². The van der Waals surface area contributed by atoms with Gasteiger partial charge in [-0.25, -0.2) is 0 Å². The molecule has 0 atom stereocenters. The first-order chi connectivity index (χ1) is 8.70. The Hall–Kier alpha value is -0.210. The first kappa shape index (κ1) is 15.8. The Morgan fingerprint density at radius 2 is 1.61 bits per heavy atom. The molecule has 2 nitrogen and oxygen atoms in total. The van der Waals surface area contributed by atoms with Crippen molar-refractivity contribution in [2.45, 2.75) is 33.1 Å². The Labute approximate surface area is 116 Å². The monoisotopic (exact) mass is 286 g/mol. The molecule has 0 amide bonds. The highest BCUT2D eigenvalue weighted by Crippen LogP contribution is 2.49. The SMILES string of the molecule is CCOP(=S)(CCCCc1ccccc1)OCC. The maximum absolute atomic E-state index is 5.63. The van der Waals surface area contributed by atoms with Crippen molar-refractivity contribution in [3.8, 4) is 0 Å². The van der Waals surface area contributed by atoms with Crippen LogP contribution < -0.4 is 0 Å². The summed E-state index contributed by atoms with van der Waals surface area (Å²) in [5.74, 6) is 0. The Balaban J connectivity index is 2.29. The van der Waals surface area contributed by atoms with Crippen LogP contribution in [0.2, 0.25) is 0 Å². The molecule has 0 radical (unpaired) electrons. The molecule has 0 aliphatic rings. The van der Waals surface area contributed by atoms with Crippen molar-refractivity contribution in [2.75, 3.05) is 19.4 Å². The first-order valence-corrected chi connectivity index (χ1v) is 9.44. The van der Waals surface area contributed by atoms with Gasteiger partial charge in [-0.1, -0.05) is 30.3 Å². The summed E-state index contributed by atoms with van der Waals surface area (Å²) >= 11 is 5.50. The van der Waals surface area contributed by atoms with Crippen LogP contribution in [0, 0.1) is 0 Å². The van der Waals surface area contributed by atoms with Crippen molar-refractivity contribution >= 4 is 18.3 Å². The zero-order chi connectivity index (χ0) is 13.3. The smallest absolute Gasteiger partial charge is 0.188 e. The molecular weight excluding hydrogens is 263 g/mol. The molecule has 0 aliphatic heterocycles. The Morgan fingerprint density at radius 3 is 2.17 bits per heavy atom. The molecule has 0 saturated carbocycles. The normalized spacial score (nSPS) is 11.7. The van der Waals surface area contributed by atoms with Gasteiger partial charge in [0.1, 0.15) is 0 Å². The molecule has 0 spiro atoms. The van der Waals surface area contributed by atoms with Gasteiger partial charge in [0.15, 0.2) is 6.49 Å². The van der Waals surface area contributed by atoms with Gasteiger partial charge in [-0.3, -0.25) is 0 Å². The number of unbranched alkanes of at least 4 members (excludes halogenated alkanes) is 1. The second kappa shape index (κ2) is 8.82. The summed E-state index contributed by atoms with van der Waals surface area (Å²) in [6.07, 6.45) is 4.21. The summed E-state index contributed by atoms with van der Waals surface area (Å²) in [5, 5.41) is 0. The molecule has 0 aromatic heterocycles. The van der Waals surface area contributed by atoms with Crippen molar-refractivity contribution in [3.63, 3.8) is 0 Å². The fourth-order valence-corrected chi connectivity index (χ4v) is 4.59. The standard InChI is InChI=1S/C14H23O2PS/c1-3-15-17(18,16-4-2)13-9-8-12-14-10-6-5-7-11-14/h5-7,10-11H,3-4,8-9,12-13H2,1-2H3. The molecule has 0 N–H and O–H groups in total. The molecule has 4 heteroatoms. The van der Waals surface area contributed by atoms with Crippen molar-refractivity contribution in [2.24, 2.45) is 0 Å². The molecular formula is C14H23O2PS. The van der Waals surface area contributed by atoms with Crippen LogP contribution in [0.1, 0.15) is 32.3 Å². The van der Waals surface area contributed by atoms with E-state index in [0.29, 0.717) is 13.2 Å². The van der Waals surface area contributed by atoms with Gasteiger partial charge in [0.2, 0.25) is 0 Å². The maximum Gasteiger partial charge on any atom is 0.188 e. The minimum Gasteiger partial charge on any atom is -0.330 e. The maximum atomic E-state index is 5.63. The summed E-state index contributed by atoms with van der Waals surface area (Å²) < 4.78 is 11.3. The van der Waals surface area contributed by atoms with Gasteiger partial charge in [-0.05, 0) is 50.5 Å². The van der Waals surface area contributed by atoms with Gasteiger partial charge >= 0.3 is 0 Å². The van der Waals surface area contributed by atoms with Crippen LogP contribution in [0.5, 0.6) is 0 Å². The van der Waals surface area contributed by atoms with Crippen molar-refractivity contribution < 1.29 is 9.05 Å². The van der Waals surface area contributed by atoms with E-state index in [-0.39, 0.29) is 0 Å². The fraction of sp³-hybridized carbons (Fsp3) is 0.571. The minimum atomic E-state index is -2.01. The van der Waals surface area contributed by atoms with Gasteiger partial charge in [0, 0.05) is 6.16 Å². The van der Waals surface area contributed by atoms with Crippen LogP contribution in [-0.2, 0) is 27.3 Å². The van der Waals surface area contributed by atoms with Crippen LogP contribution in [0.25, 0.3) is 0 Å². The average Bonchev–Trinajstić information content (AvgIpc) is 2.37. The van der Waals surface area contributed by atoms with Crippen LogP contribution in [0.4, 0.5) is 0 Å². The predicted octanol–water partition coefficient (Wildman–Crippen LogP) is 4.39. The molecule has 1 rings (SSSR count). The van der Waals surface area contributed by atoms with E-state index >= 15 is 0 Å². The van der Waals surface area contributed by atoms with Crippen LogP contribution in [0.15, 0.2) is 30.3 Å². The lowest BCUT2D eigenvalue weighted by molar-refractivity contribution is 0.266. The average molecular weight is 286 g/mol. The molecule has 0 unspecified atom stereocenters. The molecule has 0 saturated heterocycles. The summed E-state index contributed by atoms with van der Waals surface area (Å²) in [6.45, 7) is 3.24. The molecule has 0 bridgehead atoms. The van der Waals surface area contributed by atoms with E-state index < -0.39 is 6.49 Å². The molecule has 0 heterocycles. The third kappa shape index (κ3) is 6.10. The van der Waals surface area contributed by atoms with Gasteiger partial charge in [-0.15, -0.1) is 0 Å². The zero-order valence-corrected chi connectivity index (χ0v) is 13.0. The Morgan fingerprint density at radius 1 is 1.00 bits per heavy atom. The molecule has 1 aromatic carbocycles. The highest BCUT2D eigenvalue weighted by molar-refractivity contribution is 8.09. The van der Waals surface area contributed by atoms with E-state index in [0.717, 1.165) is 25.4 Å². The summed E-state index contributed by atoms with van der Waals surface area (Å²) in [5.41, 5.74) is 1.39. The van der Waals surface area contributed by atoms with Crippen molar-refractivity contribution in [1.82, 2.24) is 0 Å². The molecule has 0 aliphatic carbocycles. The third-order valence-electron chi connectivity index (χ3n) is 2.64. The number of aryl methyl sites for hydroxylation is 1. The summed E-state index contributed by atoms with van der Waals surface area (Å²) in [6, 6.07) is 10.6. The zero-order valence-electron chi connectivity index (χ0n) is 11.3. The van der Waals surface area contributed by atoms with Gasteiger partial charge in [0.05, 0.1) is 13.2 Å². The van der Waals surface area contributed by atoms with E-state index in [1.165, 1.54) is 5.56 Å². The Bertz CT molecular complexity index is 357. The highest BCUT2D eigenvalue weighted by atomic mass is 32.5. The largest absolute Gasteiger partial charge is 0.330 e. The molecule has 18 heavy (non-hydrogen) atoms. The molecule has 1 aromatic rings. The number of hydrogen-bond donors (Lipinski definition) is 0. The first-order valence-electron chi connectivity index (χ1n) is 6.62. The Kier molecular flexibility index (Phi) is 7.76. The minimum absolute atomic E-state index is 0.649. The summed E-state index contributed by atoms with van der Waals surface area (Å²) in [7, 11) is 0. The lowest BCUT2D eigenvalue weighted by Crippen LogP contribution is -2.00. The van der Waals surface area contributed by atoms with Crippen molar-refractivity contribution in [3.05, 3.63) is 35.9 Å². The number of hydrogen-bond acceptors (Lipinski definition) is 3. The van der Waals surface area contributed by atoms with Crippen molar-refractivity contribution in [1.29, 1.82) is 0 Å². The van der Waals surface area contributed by atoms with Gasteiger partial charge in [-0.2, -0.15) is 0 Å². The molecule has 0 fully saturated rings. The highest BCUT2D eigenvalue weighted by Gasteiger charge is 2.16. The third-order valence-corrected chi connectivity index (χ3v) is 5.99. The van der Waals surface area contributed by atoms with E-state index in [1.807, 2.05) is 19.9 Å². The predicted molar refractivity (Wildman–Crippen MR) is 81.8 cm³/mol. The van der Waals surface area contributed by atoms with Crippen LogP contribution in [-0.4, -0.2) is 19.4 Å². The lowest BCUT2D eigenvalue weighted by atomic mass is 10.1. The number of benzene rings is 1. The lowest BCUT2D eigenvalue weighted by Gasteiger charge is -2.20. The quantitative estimate of drug-likeness (QED) is 0.495. The second-order valence-corrected chi connectivity index (χ2v) is 7.97. The number of rotatable bonds is 9. The second-order valence-electron chi connectivity index (χ2n) is 4.11. The van der Waals surface area contributed by atoms with E-state index in [2.05, 4.69) is 24.3 Å². The topological polar surface area (TPSA) is 18.5 Å². The molecule has 102 valence electrons. The van der Waals surface area contributed by atoms with E-state index in [4.69, 9.17) is 20.9 Å². The summed E-state index contributed by atoms with van der Waals surface area (Å²) in [4.78, 5) is 0. The van der Waals surface area contributed by atoms with Gasteiger partial charge in [0.25, 0.3) is 0 Å². The fourth-order valence-electron chi connectivity index (χ4n) is 1.84. The van der Waals surface area contributed by atoms with Crippen LogP contribution in [0.3, 0.4) is 0 Å². The van der Waals surface area contributed by atoms with E-state index in [1.54, 1.807) is 0 Å².